The van der Waals surface area contributed by atoms with Crippen molar-refractivity contribution in [3.63, 3.8) is 0 Å². The van der Waals surface area contributed by atoms with Crippen LogP contribution < -0.4 is 5.32 Å². The molecule has 0 aliphatic heterocycles. The van der Waals surface area contributed by atoms with Gasteiger partial charge < -0.3 is 10.2 Å². The van der Waals surface area contributed by atoms with E-state index in [4.69, 9.17) is 23.2 Å². The minimum absolute atomic E-state index is 0.107. The first-order valence-electron chi connectivity index (χ1n) is 7.42. The zero-order valence-corrected chi connectivity index (χ0v) is 16.7. The molecule has 5 nitrogen and oxygen atoms in total. The van der Waals surface area contributed by atoms with Crippen molar-refractivity contribution in [2.24, 2.45) is 0 Å². The van der Waals surface area contributed by atoms with Gasteiger partial charge in [0.05, 0.1) is 16.6 Å². The second-order valence-corrected chi connectivity index (χ2v) is 7.84. The first-order valence-corrected chi connectivity index (χ1v) is 10.0. The summed E-state index contributed by atoms with van der Waals surface area (Å²) in [5.74, 6) is -0.653. The molecule has 2 heterocycles. The van der Waals surface area contributed by atoms with Crippen molar-refractivity contribution in [2.75, 3.05) is 18.9 Å². The largest absolute Gasteiger partial charge is 0.331 e. The summed E-state index contributed by atoms with van der Waals surface area (Å²) in [5.41, 5.74) is 1.82. The van der Waals surface area contributed by atoms with E-state index in [2.05, 4.69) is 10.3 Å². The number of halogens is 2. The number of rotatable bonds is 5. The Bertz CT molecular complexity index is 941. The number of hydrogen-bond donors (Lipinski definition) is 1. The molecular formula is C17H13Cl2N3O2S2. The molecule has 9 heteroatoms. The lowest BCUT2D eigenvalue weighted by Crippen LogP contribution is -2.35. The highest BCUT2D eigenvalue weighted by Gasteiger charge is 2.18. The molecule has 1 N–H and O–H groups in total. The molecule has 0 spiro atoms. The summed E-state index contributed by atoms with van der Waals surface area (Å²) in [4.78, 5) is 30.3. The molecule has 3 aromatic rings. The van der Waals surface area contributed by atoms with E-state index in [0.717, 1.165) is 10.6 Å². The number of anilines is 1. The smallest absolute Gasteiger partial charge is 0.273 e. The Labute approximate surface area is 168 Å². The topological polar surface area (TPSA) is 62.3 Å². The first-order chi connectivity index (χ1) is 12.4. The van der Waals surface area contributed by atoms with Crippen molar-refractivity contribution in [3.05, 3.63) is 56.1 Å². The van der Waals surface area contributed by atoms with Crippen molar-refractivity contribution in [1.82, 2.24) is 9.88 Å². The number of likely N-dealkylation sites (N-methyl/N-ethyl adjacent to an activating group) is 1. The van der Waals surface area contributed by atoms with Crippen LogP contribution in [0.15, 0.2) is 40.4 Å². The predicted octanol–water partition coefficient (Wildman–Crippen LogP) is 4.89. The van der Waals surface area contributed by atoms with Crippen LogP contribution in [0.3, 0.4) is 0 Å². The number of hydrogen-bond acceptors (Lipinski definition) is 5. The van der Waals surface area contributed by atoms with Crippen LogP contribution in [-0.2, 0) is 4.79 Å². The maximum atomic E-state index is 12.5. The summed E-state index contributed by atoms with van der Waals surface area (Å²) in [6.07, 6.45) is 0. The molecule has 2 aromatic heterocycles. The van der Waals surface area contributed by atoms with Gasteiger partial charge in [-0.3, -0.25) is 9.59 Å². The quantitative estimate of drug-likeness (QED) is 0.632. The number of carbonyl (C=O) groups is 2. The number of benzene rings is 1. The van der Waals surface area contributed by atoms with E-state index in [1.807, 2.05) is 16.8 Å². The average Bonchev–Trinajstić information content (AvgIpc) is 3.28. The van der Waals surface area contributed by atoms with Crippen molar-refractivity contribution in [2.45, 2.75) is 0 Å². The number of thiophene rings is 1. The Kier molecular flexibility index (Phi) is 5.93. The minimum atomic E-state index is -0.340. The monoisotopic (exact) mass is 425 g/mol. The highest BCUT2D eigenvalue weighted by molar-refractivity contribution is 7.14. The van der Waals surface area contributed by atoms with Crippen LogP contribution >= 0.6 is 45.9 Å². The lowest BCUT2D eigenvalue weighted by atomic mass is 10.3. The summed E-state index contributed by atoms with van der Waals surface area (Å²) in [6, 6.07) is 6.74. The van der Waals surface area contributed by atoms with Crippen LogP contribution in [0.4, 0.5) is 5.69 Å². The Balaban J connectivity index is 1.61. The van der Waals surface area contributed by atoms with Gasteiger partial charge in [-0.15, -0.1) is 11.3 Å². The van der Waals surface area contributed by atoms with Gasteiger partial charge in [0, 0.05) is 29.1 Å². The van der Waals surface area contributed by atoms with Crippen molar-refractivity contribution in [1.29, 1.82) is 0 Å². The Morgan fingerprint density at radius 1 is 1.19 bits per heavy atom. The second kappa shape index (κ2) is 8.18. The van der Waals surface area contributed by atoms with Gasteiger partial charge in [-0.25, -0.2) is 4.98 Å². The first kappa shape index (κ1) is 18.8. The molecule has 0 fully saturated rings. The summed E-state index contributed by atoms with van der Waals surface area (Å²) in [7, 11) is 1.56. The Hall–Kier alpha value is -1.93. The third-order valence-corrected chi connectivity index (χ3v) is 5.74. The molecule has 26 heavy (non-hydrogen) atoms. The summed E-state index contributed by atoms with van der Waals surface area (Å²) in [5, 5.41) is 9.84. The van der Waals surface area contributed by atoms with Crippen LogP contribution in [0, 0.1) is 0 Å². The molecule has 0 saturated heterocycles. The van der Waals surface area contributed by atoms with Crippen molar-refractivity contribution in [3.8, 4) is 10.6 Å². The molecule has 0 unspecified atom stereocenters. The molecule has 3 rings (SSSR count). The van der Waals surface area contributed by atoms with Gasteiger partial charge in [0.15, 0.2) is 0 Å². The molecule has 0 saturated carbocycles. The Morgan fingerprint density at radius 3 is 2.69 bits per heavy atom. The fourth-order valence-corrected chi connectivity index (χ4v) is 3.95. The molecule has 2 amide bonds. The van der Waals surface area contributed by atoms with Crippen molar-refractivity contribution < 1.29 is 9.59 Å². The van der Waals surface area contributed by atoms with Gasteiger partial charge in [0.25, 0.3) is 5.91 Å². The number of amides is 2. The van der Waals surface area contributed by atoms with E-state index in [-0.39, 0.29) is 18.4 Å². The molecule has 0 aliphatic carbocycles. The van der Waals surface area contributed by atoms with Gasteiger partial charge >= 0.3 is 0 Å². The van der Waals surface area contributed by atoms with E-state index in [9.17, 15) is 9.59 Å². The molecule has 0 aliphatic rings. The van der Waals surface area contributed by atoms with Crippen LogP contribution in [0.2, 0.25) is 10.0 Å². The van der Waals surface area contributed by atoms with E-state index in [1.54, 1.807) is 42.0 Å². The molecule has 0 radical (unpaired) electrons. The van der Waals surface area contributed by atoms with E-state index in [1.165, 1.54) is 16.2 Å². The van der Waals surface area contributed by atoms with Gasteiger partial charge in [0.1, 0.15) is 10.7 Å². The SMILES string of the molecule is CN(CC(=O)Nc1ccc(Cl)c(Cl)c1)C(=O)c1csc(-c2ccsc2)n1. The second-order valence-electron chi connectivity index (χ2n) is 5.39. The number of nitrogens with one attached hydrogen (secondary N) is 1. The van der Waals surface area contributed by atoms with E-state index in [0.29, 0.717) is 21.4 Å². The van der Waals surface area contributed by atoms with Gasteiger partial charge in [-0.1, -0.05) is 23.2 Å². The third kappa shape index (κ3) is 4.42. The predicted molar refractivity (Wildman–Crippen MR) is 107 cm³/mol. The molecule has 0 atom stereocenters. The van der Waals surface area contributed by atoms with Crippen molar-refractivity contribution >= 4 is 63.4 Å². The highest BCUT2D eigenvalue weighted by atomic mass is 35.5. The molecular weight excluding hydrogens is 413 g/mol. The zero-order valence-electron chi connectivity index (χ0n) is 13.5. The summed E-state index contributed by atoms with van der Waals surface area (Å²) in [6.45, 7) is -0.107. The fraction of sp³-hybridized carbons (Fsp3) is 0.118. The summed E-state index contributed by atoms with van der Waals surface area (Å²) < 4.78 is 0. The standard InChI is InChI=1S/C17H13Cl2N3O2S2/c1-22(7-15(23)20-11-2-3-12(18)13(19)6-11)17(24)14-9-26-16(21-14)10-4-5-25-8-10/h2-6,8-9H,7H2,1H3,(H,20,23). The molecule has 1 aromatic carbocycles. The van der Waals surface area contributed by atoms with Gasteiger partial charge in [0.2, 0.25) is 5.91 Å². The van der Waals surface area contributed by atoms with Crippen LogP contribution in [-0.4, -0.2) is 35.3 Å². The highest BCUT2D eigenvalue weighted by Crippen LogP contribution is 2.26. The third-order valence-electron chi connectivity index (χ3n) is 3.42. The number of nitrogens with zero attached hydrogens (tertiary/aromatic N) is 2. The average molecular weight is 426 g/mol. The molecule has 134 valence electrons. The lowest BCUT2D eigenvalue weighted by molar-refractivity contribution is -0.116. The molecule has 0 bridgehead atoms. The summed E-state index contributed by atoms with van der Waals surface area (Å²) >= 11 is 14.7. The number of thiazole rings is 1. The number of aromatic nitrogens is 1. The Morgan fingerprint density at radius 2 is 2.00 bits per heavy atom. The maximum absolute atomic E-state index is 12.5. The lowest BCUT2D eigenvalue weighted by Gasteiger charge is -2.15. The zero-order chi connectivity index (χ0) is 18.7. The van der Waals surface area contributed by atoms with Crippen LogP contribution in [0.25, 0.3) is 10.6 Å². The van der Waals surface area contributed by atoms with Gasteiger partial charge in [-0.2, -0.15) is 11.3 Å². The number of carbonyl (C=O) groups excluding carboxylic acids is 2. The fourth-order valence-electron chi connectivity index (χ4n) is 2.15. The minimum Gasteiger partial charge on any atom is -0.331 e. The van der Waals surface area contributed by atoms with E-state index < -0.39 is 0 Å². The van der Waals surface area contributed by atoms with E-state index >= 15 is 0 Å². The van der Waals surface area contributed by atoms with Crippen LogP contribution in [0.5, 0.6) is 0 Å². The van der Waals surface area contributed by atoms with Crippen LogP contribution in [0.1, 0.15) is 10.5 Å². The van der Waals surface area contributed by atoms with Gasteiger partial charge in [-0.05, 0) is 29.6 Å². The normalized spacial score (nSPS) is 10.6. The maximum Gasteiger partial charge on any atom is 0.273 e.